The van der Waals surface area contributed by atoms with Crippen molar-refractivity contribution in [1.29, 1.82) is 0 Å². The van der Waals surface area contributed by atoms with Crippen LogP contribution in [0.3, 0.4) is 0 Å². The van der Waals surface area contributed by atoms with Crippen molar-refractivity contribution in [1.82, 2.24) is 9.55 Å². The molecule has 0 bridgehead atoms. The summed E-state index contributed by atoms with van der Waals surface area (Å²) in [5.74, 6) is 3.59. The van der Waals surface area contributed by atoms with Gasteiger partial charge in [-0.3, -0.25) is 0 Å². The lowest BCUT2D eigenvalue weighted by molar-refractivity contribution is 0.177. The Morgan fingerprint density at radius 3 is 2.83 bits per heavy atom. The van der Waals surface area contributed by atoms with Gasteiger partial charge >= 0.3 is 0 Å². The van der Waals surface area contributed by atoms with E-state index in [-0.39, 0.29) is 0 Å². The minimum atomic E-state index is 0.704. The third-order valence-electron chi connectivity index (χ3n) is 4.72. The zero-order valence-corrected chi connectivity index (χ0v) is 11.8. The van der Waals surface area contributed by atoms with Gasteiger partial charge in [0.05, 0.1) is 0 Å². The van der Waals surface area contributed by atoms with Crippen LogP contribution in [-0.4, -0.2) is 16.1 Å². The summed E-state index contributed by atoms with van der Waals surface area (Å²) in [5, 5.41) is 0. The standard InChI is InChI=1S/C15H27N3/c1-3-12-5-6-13(11-16)14(9-12)10-15-17-7-8-18(15)4-2/h7-8,12-14H,3-6,9-11,16H2,1-2H3. The lowest BCUT2D eigenvalue weighted by atomic mass is 9.72. The molecule has 1 aromatic rings. The van der Waals surface area contributed by atoms with Gasteiger partial charge in [0, 0.05) is 25.4 Å². The lowest BCUT2D eigenvalue weighted by Crippen LogP contribution is -2.32. The van der Waals surface area contributed by atoms with Crippen molar-refractivity contribution in [3.8, 4) is 0 Å². The first-order valence-corrected chi connectivity index (χ1v) is 7.48. The van der Waals surface area contributed by atoms with Crippen LogP contribution in [0, 0.1) is 17.8 Å². The Morgan fingerprint density at radius 1 is 1.33 bits per heavy atom. The Hall–Kier alpha value is -0.830. The lowest BCUT2D eigenvalue weighted by Gasteiger charge is -2.35. The number of hydrogen-bond donors (Lipinski definition) is 1. The van der Waals surface area contributed by atoms with Crippen LogP contribution in [0.1, 0.15) is 45.4 Å². The average Bonchev–Trinajstić information content (AvgIpc) is 2.86. The van der Waals surface area contributed by atoms with Crippen molar-refractivity contribution in [2.75, 3.05) is 6.54 Å². The molecule has 0 aliphatic heterocycles. The zero-order valence-electron chi connectivity index (χ0n) is 11.8. The molecule has 0 radical (unpaired) electrons. The molecule has 1 aromatic heterocycles. The van der Waals surface area contributed by atoms with Crippen LogP contribution in [0.5, 0.6) is 0 Å². The Labute approximate surface area is 111 Å². The monoisotopic (exact) mass is 249 g/mol. The summed E-state index contributed by atoms with van der Waals surface area (Å²) >= 11 is 0. The van der Waals surface area contributed by atoms with Gasteiger partial charge in [0.2, 0.25) is 0 Å². The minimum absolute atomic E-state index is 0.704. The van der Waals surface area contributed by atoms with Crippen LogP contribution >= 0.6 is 0 Å². The fourth-order valence-corrected chi connectivity index (χ4v) is 3.41. The fraction of sp³-hybridized carbons (Fsp3) is 0.800. The maximum absolute atomic E-state index is 5.95. The van der Waals surface area contributed by atoms with Gasteiger partial charge < -0.3 is 10.3 Å². The van der Waals surface area contributed by atoms with E-state index in [1.165, 1.54) is 31.5 Å². The molecule has 0 saturated heterocycles. The number of nitrogens with two attached hydrogens (primary N) is 1. The molecular weight excluding hydrogens is 222 g/mol. The molecule has 3 unspecified atom stereocenters. The van der Waals surface area contributed by atoms with E-state index in [1.54, 1.807) is 0 Å². The van der Waals surface area contributed by atoms with Crippen molar-refractivity contribution >= 4 is 0 Å². The van der Waals surface area contributed by atoms with Crippen molar-refractivity contribution in [2.24, 2.45) is 23.5 Å². The largest absolute Gasteiger partial charge is 0.335 e. The highest BCUT2D eigenvalue weighted by Crippen LogP contribution is 2.36. The Balaban J connectivity index is 2.04. The minimum Gasteiger partial charge on any atom is -0.335 e. The van der Waals surface area contributed by atoms with E-state index in [0.29, 0.717) is 5.92 Å². The normalized spacial score (nSPS) is 28.5. The van der Waals surface area contributed by atoms with Gasteiger partial charge in [-0.1, -0.05) is 19.8 Å². The van der Waals surface area contributed by atoms with Crippen LogP contribution in [0.4, 0.5) is 0 Å². The molecule has 0 amide bonds. The van der Waals surface area contributed by atoms with Gasteiger partial charge in [0.1, 0.15) is 5.82 Å². The molecule has 0 aromatic carbocycles. The van der Waals surface area contributed by atoms with Crippen LogP contribution in [0.15, 0.2) is 12.4 Å². The van der Waals surface area contributed by atoms with Crippen LogP contribution in [-0.2, 0) is 13.0 Å². The summed E-state index contributed by atoms with van der Waals surface area (Å²) in [6.07, 6.45) is 10.5. The van der Waals surface area contributed by atoms with Crippen molar-refractivity contribution in [2.45, 2.75) is 52.5 Å². The quantitative estimate of drug-likeness (QED) is 0.872. The Morgan fingerprint density at radius 2 is 2.17 bits per heavy atom. The van der Waals surface area contributed by atoms with E-state index in [4.69, 9.17) is 5.73 Å². The fourth-order valence-electron chi connectivity index (χ4n) is 3.41. The second-order valence-electron chi connectivity index (χ2n) is 5.68. The first-order chi connectivity index (χ1) is 8.78. The molecular formula is C15H27N3. The predicted molar refractivity (Wildman–Crippen MR) is 75.3 cm³/mol. The van der Waals surface area contributed by atoms with Gasteiger partial charge in [-0.05, 0) is 44.1 Å². The summed E-state index contributed by atoms with van der Waals surface area (Å²) in [6.45, 7) is 6.36. The maximum Gasteiger partial charge on any atom is 0.108 e. The highest BCUT2D eigenvalue weighted by atomic mass is 15.0. The molecule has 18 heavy (non-hydrogen) atoms. The van der Waals surface area contributed by atoms with Crippen molar-refractivity contribution < 1.29 is 0 Å². The smallest absolute Gasteiger partial charge is 0.108 e. The summed E-state index contributed by atoms with van der Waals surface area (Å²) in [5.41, 5.74) is 5.95. The molecule has 3 atom stereocenters. The molecule has 2 rings (SSSR count). The summed E-state index contributed by atoms with van der Waals surface area (Å²) in [6, 6.07) is 0. The number of aryl methyl sites for hydroxylation is 1. The van der Waals surface area contributed by atoms with Crippen molar-refractivity contribution in [3.63, 3.8) is 0 Å². The summed E-state index contributed by atoms with van der Waals surface area (Å²) in [7, 11) is 0. The van der Waals surface area contributed by atoms with Gasteiger partial charge in [-0.15, -0.1) is 0 Å². The number of hydrogen-bond acceptors (Lipinski definition) is 2. The van der Waals surface area contributed by atoms with Crippen LogP contribution in [0.2, 0.25) is 0 Å². The molecule has 1 aliphatic rings. The second kappa shape index (κ2) is 6.37. The molecule has 1 fully saturated rings. The SMILES string of the molecule is CCC1CCC(CN)C(Cc2nccn2CC)C1. The number of nitrogens with zero attached hydrogens (tertiary/aromatic N) is 2. The second-order valence-corrected chi connectivity index (χ2v) is 5.68. The van der Waals surface area contributed by atoms with Crippen LogP contribution < -0.4 is 5.73 Å². The molecule has 102 valence electrons. The topological polar surface area (TPSA) is 43.8 Å². The van der Waals surface area contributed by atoms with E-state index in [1.807, 2.05) is 6.20 Å². The first kappa shape index (κ1) is 13.6. The number of imidazole rings is 1. The highest BCUT2D eigenvalue weighted by molar-refractivity contribution is 4.96. The van der Waals surface area contributed by atoms with Gasteiger partial charge in [-0.2, -0.15) is 0 Å². The van der Waals surface area contributed by atoms with E-state index in [0.717, 1.165) is 31.3 Å². The molecule has 2 N–H and O–H groups in total. The average molecular weight is 249 g/mol. The molecule has 1 aliphatic carbocycles. The van der Waals surface area contributed by atoms with E-state index >= 15 is 0 Å². The van der Waals surface area contributed by atoms with E-state index < -0.39 is 0 Å². The maximum atomic E-state index is 5.95. The van der Waals surface area contributed by atoms with Gasteiger partial charge in [0.25, 0.3) is 0 Å². The van der Waals surface area contributed by atoms with Gasteiger partial charge in [0.15, 0.2) is 0 Å². The highest BCUT2D eigenvalue weighted by Gasteiger charge is 2.29. The third-order valence-corrected chi connectivity index (χ3v) is 4.72. The van der Waals surface area contributed by atoms with Gasteiger partial charge in [-0.25, -0.2) is 4.98 Å². The first-order valence-electron chi connectivity index (χ1n) is 7.48. The predicted octanol–water partition coefficient (Wildman–Crippen LogP) is 2.85. The Bertz CT molecular complexity index is 358. The number of aromatic nitrogens is 2. The molecule has 0 spiro atoms. The molecule has 1 saturated carbocycles. The molecule has 1 heterocycles. The molecule has 3 heteroatoms. The third kappa shape index (κ3) is 2.94. The van der Waals surface area contributed by atoms with Crippen molar-refractivity contribution in [3.05, 3.63) is 18.2 Å². The zero-order chi connectivity index (χ0) is 13.0. The van der Waals surface area contributed by atoms with E-state index in [9.17, 15) is 0 Å². The Kier molecular flexibility index (Phi) is 4.81. The summed E-state index contributed by atoms with van der Waals surface area (Å²) < 4.78 is 2.27. The van der Waals surface area contributed by atoms with E-state index in [2.05, 4.69) is 29.6 Å². The molecule has 3 nitrogen and oxygen atoms in total. The summed E-state index contributed by atoms with van der Waals surface area (Å²) in [4.78, 5) is 4.52. The number of rotatable bonds is 5. The van der Waals surface area contributed by atoms with Crippen LogP contribution in [0.25, 0.3) is 0 Å².